The van der Waals surface area contributed by atoms with Crippen LogP contribution in [0.2, 0.25) is 0 Å². The van der Waals surface area contributed by atoms with Crippen LogP contribution in [0, 0.1) is 0 Å². The van der Waals surface area contributed by atoms with Gasteiger partial charge in [0, 0.05) is 15.3 Å². The number of ether oxygens (including phenoxy) is 2. The van der Waals surface area contributed by atoms with Gasteiger partial charge in [0.05, 0.1) is 11.3 Å². The second-order valence-corrected chi connectivity index (χ2v) is 10.6. The van der Waals surface area contributed by atoms with E-state index in [0.717, 1.165) is 21.9 Å². The first-order valence-electron chi connectivity index (χ1n) is 11.3. The number of amides is 1. The van der Waals surface area contributed by atoms with Crippen molar-refractivity contribution in [3.05, 3.63) is 70.6 Å². The molecule has 0 aliphatic carbocycles. The van der Waals surface area contributed by atoms with Crippen LogP contribution in [-0.2, 0) is 16.0 Å². The van der Waals surface area contributed by atoms with Crippen molar-refractivity contribution in [3.8, 4) is 11.5 Å². The zero-order chi connectivity index (χ0) is 28.1. The molecule has 0 radical (unpaired) electrons. The zero-order valence-corrected chi connectivity index (χ0v) is 22.2. The number of alkyl halides is 3. The van der Waals surface area contributed by atoms with Crippen LogP contribution >= 0.6 is 23.1 Å². The normalized spacial score (nSPS) is 11.6. The third-order valence-electron chi connectivity index (χ3n) is 5.06. The number of benzene rings is 2. The van der Waals surface area contributed by atoms with Crippen molar-refractivity contribution in [2.24, 2.45) is 0 Å². The molecule has 0 aliphatic rings. The fourth-order valence-electron chi connectivity index (χ4n) is 3.10. The molecule has 2 aromatic carbocycles. The number of thioether (sulfide) groups is 1. The topological polar surface area (TPSA) is 102 Å². The minimum Gasteiger partial charge on any atom is -0.478 e. The molecule has 12 heteroatoms. The second kappa shape index (κ2) is 11.9. The molecular formula is C26H24F3NO6S2. The van der Waals surface area contributed by atoms with Crippen LogP contribution in [-0.4, -0.2) is 40.5 Å². The minimum atomic E-state index is -4.84. The van der Waals surface area contributed by atoms with Crippen molar-refractivity contribution in [3.63, 3.8) is 0 Å². The first kappa shape index (κ1) is 29.1. The van der Waals surface area contributed by atoms with E-state index < -0.39 is 29.5 Å². The number of carboxylic acids is 1. The van der Waals surface area contributed by atoms with Gasteiger partial charge in [-0.25, -0.2) is 4.79 Å². The van der Waals surface area contributed by atoms with Gasteiger partial charge >= 0.3 is 12.3 Å². The first-order valence-corrected chi connectivity index (χ1v) is 13.1. The molecule has 0 atom stereocenters. The van der Waals surface area contributed by atoms with Gasteiger partial charge in [0.15, 0.2) is 11.4 Å². The third-order valence-corrected chi connectivity index (χ3v) is 7.27. The maximum atomic E-state index is 13.1. The van der Waals surface area contributed by atoms with Gasteiger partial charge in [0.2, 0.25) is 5.91 Å². The summed E-state index contributed by atoms with van der Waals surface area (Å²) in [6.07, 6.45) is -4.21. The lowest BCUT2D eigenvalue weighted by Gasteiger charge is -2.21. The number of hydrogen-bond acceptors (Lipinski definition) is 7. The highest BCUT2D eigenvalue weighted by atomic mass is 32.2. The van der Waals surface area contributed by atoms with Crippen LogP contribution < -0.4 is 14.8 Å². The predicted molar refractivity (Wildman–Crippen MR) is 138 cm³/mol. The summed E-state index contributed by atoms with van der Waals surface area (Å²) in [7, 11) is 0. The maximum Gasteiger partial charge on any atom is 0.573 e. The van der Waals surface area contributed by atoms with E-state index in [1.54, 1.807) is 30.3 Å². The maximum absolute atomic E-state index is 13.1. The number of aliphatic carboxylic acids is 1. The molecule has 0 bridgehead atoms. The largest absolute Gasteiger partial charge is 0.573 e. The number of carbonyl (C=O) groups is 3. The van der Waals surface area contributed by atoms with Gasteiger partial charge in [0.25, 0.3) is 0 Å². The van der Waals surface area contributed by atoms with Crippen LogP contribution in [0.5, 0.6) is 11.5 Å². The number of carbonyl (C=O) groups excluding carboxylic acids is 2. The van der Waals surface area contributed by atoms with Crippen LogP contribution in [0.15, 0.2) is 59.5 Å². The molecule has 0 fully saturated rings. The molecule has 1 aromatic heterocycles. The molecule has 3 rings (SSSR count). The standard InChI is InChI=1S/C26H24F3NO6S2/c1-4-18-13-20(22(32)15-5-7-17(8-6-15)36-26(27,28)29)23(38-18)30-21(31)14-37-19-11-9-16(10-12-19)35-25(2,3)24(33)34/h5-13H,4,14H2,1-3H3,(H,30,31)(H,33,34). The van der Waals surface area contributed by atoms with E-state index in [1.165, 1.54) is 49.1 Å². The summed E-state index contributed by atoms with van der Waals surface area (Å²) < 4.78 is 46.5. The summed E-state index contributed by atoms with van der Waals surface area (Å²) in [5.41, 5.74) is -0.990. The minimum absolute atomic E-state index is 0.0390. The SMILES string of the molecule is CCc1cc(C(=O)c2ccc(OC(F)(F)F)cc2)c(NC(=O)CSc2ccc(OC(C)(C)C(=O)O)cc2)s1. The number of anilines is 1. The molecule has 0 saturated carbocycles. The van der Waals surface area contributed by atoms with Gasteiger partial charge in [-0.2, -0.15) is 0 Å². The quantitative estimate of drug-likeness (QED) is 0.204. The van der Waals surface area contributed by atoms with Crippen molar-refractivity contribution < 1.29 is 42.1 Å². The number of halogens is 3. The molecule has 0 spiro atoms. The Morgan fingerprint density at radius 3 is 2.11 bits per heavy atom. The van der Waals surface area contributed by atoms with Crippen molar-refractivity contribution in [2.45, 2.75) is 44.1 Å². The van der Waals surface area contributed by atoms with Crippen LogP contribution in [0.4, 0.5) is 18.2 Å². The Bertz CT molecular complexity index is 1300. The van der Waals surface area contributed by atoms with Crippen molar-refractivity contribution in [2.75, 3.05) is 11.1 Å². The Morgan fingerprint density at radius 1 is 0.974 bits per heavy atom. The van der Waals surface area contributed by atoms with E-state index in [2.05, 4.69) is 10.1 Å². The van der Waals surface area contributed by atoms with E-state index in [4.69, 9.17) is 4.74 Å². The average Bonchev–Trinajstić information content (AvgIpc) is 3.25. The van der Waals surface area contributed by atoms with Gasteiger partial charge < -0.3 is 19.9 Å². The molecule has 7 nitrogen and oxygen atoms in total. The molecule has 1 heterocycles. The fraction of sp³-hybridized carbons (Fsp3) is 0.269. The Morgan fingerprint density at radius 2 is 1.55 bits per heavy atom. The van der Waals surface area contributed by atoms with E-state index in [-0.39, 0.29) is 22.8 Å². The molecule has 2 N–H and O–H groups in total. The van der Waals surface area contributed by atoms with E-state index in [1.807, 2.05) is 6.92 Å². The molecule has 1 amide bonds. The molecule has 202 valence electrons. The van der Waals surface area contributed by atoms with Gasteiger partial charge in [0.1, 0.15) is 16.5 Å². The fourth-order valence-corrected chi connectivity index (χ4v) is 4.80. The summed E-state index contributed by atoms with van der Waals surface area (Å²) in [6, 6.07) is 12.9. The Balaban J connectivity index is 1.65. The second-order valence-electron chi connectivity index (χ2n) is 8.44. The van der Waals surface area contributed by atoms with Gasteiger partial charge in [-0.05, 0) is 74.9 Å². The lowest BCUT2D eigenvalue weighted by Crippen LogP contribution is -2.37. The molecule has 3 aromatic rings. The van der Waals surface area contributed by atoms with E-state index in [9.17, 15) is 32.7 Å². The zero-order valence-electron chi connectivity index (χ0n) is 20.5. The average molecular weight is 568 g/mol. The highest BCUT2D eigenvalue weighted by Crippen LogP contribution is 2.32. The monoisotopic (exact) mass is 567 g/mol. The van der Waals surface area contributed by atoms with Crippen molar-refractivity contribution in [1.82, 2.24) is 0 Å². The summed E-state index contributed by atoms with van der Waals surface area (Å²) in [5.74, 6) is -1.92. The molecule has 0 saturated heterocycles. The Hall–Kier alpha value is -3.51. The summed E-state index contributed by atoms with van der Waals surface area (Å²) in [6.45, 7) is 4.77. The number of ketones is 1. The highest BCUT2D eigenvalue weighted by Gasteiger charge is 2.31. The summed E-state index contributed by atoms with van der Waals surface area (Å²) in [4.78, 5) is 38.5. The van der Waals surface area contributed by atoms with Crippen molar-refractivity contribution >= 4 is 45.8 Å². The van der Waals surface area contributed by atoms with Crippen LogP contribution in [0.1, 0.15) is 41.6 Å². The predicted octanol–water partition coefficient (Wildman–Crippen LogP) is 6.41. The number of thiophene rings is 1. The summed E-state index contributed by atoms with van der Waals surface area (Å²) >= 11 is 2.49. The summed E-state index contributed by atoms with van der Waals surface area (Å²) in [5, 5.41) is 12.3. The number of aryl methyl sites for hydroxylation is 1. The number of hydrogen-bond donors (Lipinski definition) is 2. The van der Waals surface area contributed by atoms with Crippen LogP contribution in [0.3, 0.4) is 0 Å². The van der Waals surface area contributed by atoms with E-state index >= 15 is 0 Å². The van der Waals surface area contributed by atoms with Crippen LogP contribution in [0.25, 0.3) is 0 Å². The Kier molecular flexibility index (Phi) is 9.10. The highest BCUT2D eigenvalue weighted by molar-refractivity contribution is 8.00. The van der Waals surface area contributed by atoms with E-state index in [0.29, 0.717) is 17.2 Å². The smallest absolute Gasteiger partial charge is 0.478 e. The van der Waals surface area contributed by atoms with Crippen molar-refractivity contribution in [1.29, 1.82) is 0 Å². The number of rotatable bonds is 11. The van der Waals surface area contributed by atoms with Gasteiger partial charge in [-0.15, -0.1) is 36.3 Å². The third kappa shape index (κ3) is 7.99. The lowest BCUT2D eigenvalue weighted by atomic mass is 10.0. The van der Waals surface area contributed by atoms with Gasteiger partial charge in [-0.3, -0.25) is 9.59 Å². The molecule has 0 aliphatic heterocycles. The lowest BCUT2D eigenvalue weighted by molar-refractivity contribution is -0.274. The first-order chi connectivity index (χ1) is 17.8. The number of carboxylic acid groups (broad SMARTS) is 1. The molecular weight excluding hydrogens is 543 g/mol. The molecule has 0 unspecified atom stereocenters. The van der Waals surface area contributed by atoms with Gasteiger partial charge in [-0.1, -0.05) is 6.92 Å². The number of nitrogens with one attached hydrogen (secondary N) is 1. The molecule has 38 heavy (non-hydrogen) atoms. The Labute approximate surface area is 225 Å².